The Kier molecular flexibility index (Phi) is 6.20. The van der Waals surface area contributed by atoms with E-state index in [1.54, 1.807) is 7.11 Å². The molecule has 3 heteroatoms. The van der Waals surface area contributed by atoms with Gasteiger partial charge in [0.1, 0.15) is 12.4 Å². The molecule has 0 aliphatic rings. The molecule has 1 atom stereocenters. The summed E-state index contributed by atoms with van der Waals surface area (Å²) in [5.41, 5.74) is 5.96. The highest BCUT2D eigenvalue weighted by Gasteiger charge is 2.14. The predicted molar refractivity (Wildman–Crippen MR) is 95.1 cm³/mol. The zero-order chi connectivity index (χ0) is 16.8. The van der Waals surface area contributed by atoms with Crippen LogP contribution in [-0.4, -0.2) is 20.7 Å². The lowest BCUT2D eigenvalue weighted by Gasteiger charge is -2.20. The molecule has 2 aromatic rings. The average molecular weight is 313 g/mol. The van der Waals surface area contributed by atoms with Crippen molar-refractivity contribution in [1.29, 1.82) is 0 Å². The first-order valence-corrected chi connectivity index (χ1v) is 8.02. The second kappa shape index (κ2) is 8.14. The maximum atomic E-state index is 6.15. The molecule has 0 saturated carbocycles. The summed E-state index contributed by atoms with van der Waals surface area (Å²) in [4.78, 5) is 0. The summed E-state index contributed by atoms with van der Waals surface area (Å²) in [7, 11) is 3.68. The molecule has 0 amide bonds. The second-order valence-corrected chi connectivity index (χ2v) is 6.00. The summed E-state index contributed by atoms with van der Waals surface area (Å²) in [5.74, 6) is 0.980. The minimum absolute atomic E-state index is 0.0278. The molecular formula is C20H27NO2. The Morgan fingerprint density at radius 2 is 1.70 bits per heavy atom. The first kappa shape index (κ1) is 17.5. The fourth-order valence-electron chi connectivity index (χ4n) is 3.03. The second-order valence-electron chi connectivity index (χ2n) is 6.00. The van der Waals surface area contributed by atoms with Crippen molar-refractivity contribution < 1.29 is 9.47 Å². The Balaban J connectivity index is 2.21. The summed E-state index contributed by atoms with van der Waals surface area (Å²) in [5, 5.41) is 3.18. The lowest BCUT2D eigenvalue weighted by molar-refractivity contribution is 0.102. The fourth-order valence-corrected chi connectivity index (χ4v) is 3.03. The Morgan fingerprint density at radius 1 is 1.04 bits per heavy atom. The van der Waals surface area contributed by atoms with Gasteiger partial charge in [0.15, 0.2) is 0 Å². The van der Waals surface area contributed by atoms with Crippen molar-refractivity contribution in [3.63, 3.8) is 0 Å². The third-order valence-corrected chi connectivity index (χ3v) is 4.05. The molecule has 0 aromatic heterocycles. The summed E-state index contributed by atoms with van der Waals surface area (Å²) in [6.07, 6.45) is 0.0278. The molecule has 1 unspecified atom stereocenters. The van der Waals surface area contributed by atoms with Crippen molar-refractivity contribution in [2.45, 2.75) is 33.5 Å². The van der Waals surface area contributed by atoms with Crippen LogP contribution < -0.4 is 10.1 Å². The van der Waals surface area contributed by atoms with Crippen LogP contribution in [-0.2, 0) is 11.3 Å². The smallest absolute Gasteiger partial charge is 0.125 e. The minimum Gasteiger partial charge on any atom is -0.488 e. The highest BCUT2D eigenvalue weighted by molar-refractivity contribution is 5.43. The highest BCUT2D eigenvalue weighted by Crippen LogP contribution is 2.27. The van der Waals surface area contributed by atoms with Crippen molar-refractivity contribution in [3.05, 3.63) is 64.2 Å². The molecule has 0 heterocycles. The maximum Gasteiger partial charge on any atom is 0.125 e. The van der Waals surface area contributed by atoms with Gasteiger partial charge >= 0.3 is 0 Å². The molecule has 0 saturated heterocycles. The van der Waals surface area contributed by atoms with Gasteiger partial charge in [-0.2, -0.15) is 0 Å². The van der Waals surface area contributed by atoms with Crippen LogP contribution in [0.15, 0.2) is 36.4 Å². The van der Waals surface area contributed by atoms with Crippen molar-refractivity contribution in [2.24, 2.45) is 0 Å². The molecule has 0 aliphatic carbocycles. The van der Waals surface area contributed by atoms with Gasteiger partial charge in [-0.1, -0.05) is 42.0 Å². The van der Waals surface area contributed by atoms with Crippen LogP contribution in [0.4, 0.5) is 0 Å². The van der Waals surface area contributed by atoms with Gasteiger partial charge in [0, 0.05) is 13.7 Å². The molecule has 23 heavy (non-hydrogen) atoms. The van der Waals surface area contributed by atoms with Gasteiger partial charge in [-0.05, 0) is 50.1 Å². The first-order valence-electron chi connectivity index (χ1n) is 8.02. The van der Waals surface area contributed by atoms with Gasteiger partial charge in [0.25, 0.3) is 0 Å². The molecule has 0 bridgehead atoms. The van der Waals surface area contributed by atoms with Gasteiger partial charge in [-0.25, -0.2) is 0 Å². The Morgan fingerprint density at radius 3 is 2.30 bits per heavy atom. The Bertz CT molecular complexity index is 629. The monoisotopic (exact) mass is 313 g/mol. The molecule has 124 valence electrons. The van der Waals surface area contributed by atoms with Crippen LogP contribution in [0.5, 0.6) is 5.75 Å². The Labute approximate surface area is 139 Å². The zero-order valence-corrected chi connectivity index (χ0v) is 14.8. The van der Waals surface area contributed by atoms with Crippen molar-refractivity contribution >= 4 is 0 Å². The third kappa shape index (κ3) is 4.34. The van der Waals surface area contributed by atoms with E-state index in [0.717, 1.165) is 17.9 Å². The quantitative estimate of drug-likeness (QED) is 0.835. The standard InChI is InChI=1S/C20H27NO2/c1-14-10-15(2)20(16(3)11-14)23-13-17-8-6-7-9-18(17)19(22-5)12-21-4/h6-11,19,21H,12-13H2,1-5H3. The average Bonchev–Trinajstić information content (AvgIpc) is 2.52. The Hall–Kier alpha value is -1.84. The number of hydrogen-bond acceptors (Lipinski definition) is 3. The van der Waals surface area contributed by atoms with E-state index in [-0.39, 0.29) is 6.10 Å². The number of rotatable bonds is 7. The first-order chi connectivity index (χ1) is 11.1. The van der Waals surface area contributed by atoms with Crippen LogP contribution in [0.25, 0.3) is 0 Å². The number of benzene rings is 2. The van der Waals surface area contributed by atoms with Gasteiger partial charge < -0.3 is 14.8 Å². The summed E-state index contributed by atoms with van der Waals surface area (Å²) in [6.45, 7) is 7.63. The van der Waals surface area contributed by atoms with E-state index in [4.69, 9.17) is 9.47 Å². The summed E-state index contributed by atoms with van der Waals surface area (Å²) < 4.78 is 11.8. The molecule has 2 aromatic carbocycles. The van der Waals surface area contributed by atoms with Crippen LogP contribution in [0.2, 0.25) is 0 Å². The largest absolute Gasteiger partial charge is 0.488 e. The van der Waals surface area contributed by atoms with E-state index in [9.17, 15) is 0 Å². The maximum absolute atomic E-state index is 6.15. The molecule has 1 N–H and O–H groups in total. The number of likely N-dealkylation sites (N-methyl/N-ethyl adjacent to an activating group) is 1. The highest BCUT2D eigenvalue weighted by atomic mass is 16.5. The van der Waals surface area contributed by atoms with E-state index in [2.05, 4.69) is 50.4 Å². The molecule has 3 nitrogen and oxygen atoms in total. The number of methoxy groups -OCH3 is 1. The van der Waals surface area contributed by atoms with Gasteiger partial charge in [0.05, 0.1) is 6.10 Å². The van der Waals surface area contributed by atoms with E-state index in [1.807, 2.05) is 19.2 Å². The normalized spacial score (nSPS) is 12.2. The summed E-state index contributed by atoms with van der Waals surface area (Å²) >= 11 is 0. The molecule has 0 fully saturated rings. The van der Waals surface area contributed by atoms with Crippen LogP contribution in [0, 0.1) is 20.8 Å². The van der Waals surface area contributed by atoms with E-state index < -0.39 is 0 Å². The van der Waals surface area contributed by atoms with Crippen LogP contribution in [0.3, 0.4) is 0 Å². The number of aryl methyl sites for hydroxylation is 3. The molecule has 0 radical (unpaired) electrons. The van der Waals surface area contributed by atoms with Gasteiger partial charge in [-0.15, -0.1) is 0 Å². The van der Waals surface area contributed by atoms with Crippen LogP contribution in [0.1, 0.15) is 33.9 Å². The van der Waals surface area contributed by atoms with Crippen molar-refractivity contribution in [2.75, 3.05) is 20.7 Å². The lowest BCUT2D eigenvalue weighted by atomic mass is 10.0. The van der Waals surface area contributed by atoms with Crippen LogP contribution >= 0.6 is 0 Å². The zero-order valence-electron chi connectivity index (χ0n) is 14.8. The van der Waals surface area contributed by atoms with E-state index in [1.165, 1.54) is 22.3 Å². The predicted octanol–water partition coefficient (Wildman–Crippen LogP) is 4.10. The number of hydrogen-bond donors (Lipinski definition) is 1. The van der Waals surface area contributed by atoms with Gasteiger partial charge in [0.2, 0.25) is 0 Å². The summed E-state index contributed by atoms with van der Waals surface area (Å²) in [6, 6.07) is 12.6. The SMILES string of the molecule is CNCC(OC)c1ccccc1COc1c(C)cc(C)cc1C. The lowest BCUT2D eigenvalue weighted by Crippen LogP contribution is -2.20. The molecular weight excluding hydrogens is 286 g/mol. The van der Waals surface area contributed by atoms with E-state index in [0.29, 0.717) is 6.61 Å². The topological polar surface area (TPSA) is 30.5 Å². The number of nitrogens with one attached hydrogen (secondary N) is 1. The molecule has 0 aliphatic heterocycles. The minimum atomic E-state index is 0.0278. The third-order valence-electron chi connectivity index (χ3n) is 4.05. The molecule has 0 spiro atoms. The molecule has 2 rings (SSSR count). The number of ether oxygens (including phenoxy) is 2. The van der Waals surface area contributed by atoms with Gasteiger partial charge in [-0.3, -0.25) is 0 Å². The van der Waals surface area contributed by atoms with E-state index >= 15 is 0 Å². The van der Waals surface area contributed by atoms with Crippen molar-refractivity contribution in [1.82, 2.24) is 5.32 Å². The fraction of sp³-hybridized carbons (Fsp3) is 0.400. The van der Waals surface area contributed by atoms with Crippen molar-refractivity contribution in [3.8, 4) is 5.75 Å².